The fraction of sp³-hybridized carbons (Fsp3) is 0.444. The van der Waals surface area contributed by atoms with Gasteiger partial charge in [-0.2, -0.15) is 0 Å². The van der Waals surface area contributed by atoms with Gasteiger partial charge in [-0.25, -0.2) is 4.79 Å². The largest absolute Gasteiger partial charge is 0.498 e. The molecule has 1 aromatic rings. The molecule has 178 valence electrons. The molecule has 0 radical (unpaired) electrons. The van der Waals surface area contributed by atoms with Gasteiger partial charge in [-0.1, -0.05) is 30.0 Å². The summed E-state index contributed by atoms with van der Waals surface area (Å²) in [7, 11) is 0. The van der Waals surface area contributed by atoms with Gasteiger partial charge in [0.1, 0.15) is 18.1 Å². The van der Waals surface area contributed by atoms with Crippen molar-refractivity contribution in [3.05, 3.63) is 65.5 Å². The summed E-state index contributed by atoms with van der Waals surface area (Å²) in [5.74, 6) is 7.05. The third-order valence-electron chi connectivity index (χ3n) is 4.91. The van der Waals surface area contributed by atoms with Gasteiger partial charge >= 0.3 is 5.97 Å². The van der Waals surface area contributed by atoms with Crippen LogP contribution in [0.3, 0.4) is 0 Å². The van der Waals surface area contributed by atoms with Crippen molar-refractivity contribution in [3.8, 4) is 17.6 Å². The Morgan fingerprint density at radius 1 is 1.15 bits per heavy atom. The number of carbonyl (C=O) groups is 1. The number of aliphatic carboxylic acids is 1. The molecule has 0 saturated heterocycles. The monoisotopic (exact) mass is 454 g/mol. The number of ether oxygens (including phenoxy) is 4. The molecule has 0 aromatic heterocycles. The van der Waals surface area contributed by atoms with E-state index in [1.54, 1.807) is 6.92 Å². The van der Waals surface area contributed by atoms with Gasteiger partial charge in [0, 0.05) is 26.1 Å². The highest BCUT2D eigenvalue weighted by Gasteiger charge is 2.29. The maximum atomic E-state index is 11.2. The molecule has 0 amide bonds. The van der Waals surface area contributed by atoms with E-state index in [2.05, 4.69) is 11.8 Å². The summed E-state index contributed by atoms with van der Waals surface area (Å²) in [5, 5.41) is 9.21. The fourth-order valence-electron chi connectivity index (χ4n) is 3.32. The van der Waals surface area contributed by atoms with Crippen LogP contribution in [0.2, 0.25) is 0 Å². The lowest BCUT2D eigenvalue weighted by atomic mass is 9.93. The van der Waals surface area contributed by atoms with Gasteiger partial charge in [0.25, 0.3) is 0 Å². The number of hydrogen-bond donors (Lipinski definition) is 1. The Morgan fingerprint density at radius 3 is 2.55 bits per heavy atom. The second kappa shape index (κ2) is 13.5. The minimum absolute atomic E-state index is 0.314. The first kappa shape index (κ1) is 26.2. The van der Waals surface area contributed by atoms with Gasteiger partial charge in [-0.15, -0.1) is 0 Å². The molecule has 1 aliphatic carbocycles. The summed E-state index contributed by atoms with van der Waals surface area (Å²) in [5.41, 5.74) is 1.07. The van der Waals surface area contributed by atoms with Crippen molar-refractivity contribution in [1.29, 1.82) is 0 Å². The minimum atomic E-state index is -0.959. The molecule has 33 heavy (non-hydrogen) atoms. The number of rotatable bonds is 12. The summed E-state index contributed by atoms with van der Waals surface area (Å²) in [4.78, 5) is 11.2. The van der Waals surface area contributed by atoms with Crippen LogP contribution in [-0.4, -0.2) is 49.2 Å². The number of allylic oxidation sites excluding steroid dienone is 3. The van der Waals surface area contributed by atoms with E-state index in [1.165, 1.54) is 0 Å². The molecule has 0 fully saturated rings. The molecule has 1 aliphatic rings. The van der Waals surface area contributed by atoms with E-state index in [9.17, 15) is 9.90 Å². The first-order valence-corrected chi connectivity index (χ1v) is 11.3. The quantitative estimate of drug-likeness (QED) is 0.462. The SMILES string of the molecule is CCOC1=CC=CC(C#CC(C)=CCOc2ccc(C[C@H](OCC)C(=O)O)cc2)(OCC)C1. The maximum absolute atomic E-state index is 11.2. The van der Waals surface area contributed by atoms with Crippen molar-refractivity contribution in [1.82, 2.24) is 0 Å². The zero-order valence-electron chi connectivity index (χ0n) is 19.9. The van der Waals surface area contributed by atoms with Crippen molar-refractivity contribution in [2.24, 2.45) is 0 Å². The number of carboxylic acid groups (broad SMARTS) is 1. The Labute approximate surface area is 196 Å². The van der Waals surface area contributed by atoms with Crippen LogP contribution in [0.5, 0.6) is 5.75 Å². The molecule has 2 atom stereocenters. The lowest BCUT2D eigenvalue weighted by molar-refractivity contribution is -0.149. The maximum Gasteiger partial charge on any atom is 0.333 e. The summed E-state index contributed by atoms with van der Waals surface area (Å²) in [6, 6.07) is 7.36. The van der Waals surface area contributed by atoms with Crippen LogP contribution >= 0.6 is 0 Å². The highest BCUT2D eigenvalue weighted by atomic mass is 16.5. The average molecular weight is 455 g/mol. The van der Waals surface area contributed by atoms with Crippen LogP contribution in [0.25, 0.3) is 0 Å². The number of carboxylic acids is 1. The summed E-state index contributed by atoms with van der Waals surface area (Å²) in [6.45, 7) is 9.53. The smallest absolute Gasteiger partial charge is 0.333 e. The standard InChI is InChI=1S/C27H34O6/c1-5-30-24-9-8-16-27(20-24,33-7-3)17-14-21(4)15-18-32-23-12-10-22(11-13-23)19-25(26(28)29)31-6-2/h8-13,15-16,25H,5-7,18-20H2,1-4H3,(H,28,29)/t25-,27?/m0/s1. The van der Waals surface area contributed by atoms with Gasteiger partial charge in [0.05, 0.1) is 6.61 Å². The molecular weight excluding hydrogens is 420 g/mol. The molecule has 1 N–H and O–H groups in total. The summed E-state index contributed by atoms with van der Waals surface area (Å²) >= 11 is 0. The van der Waals surface area contributed by atoms with Gasteiger partial charge < -0.3 is 24.1 Å². The molecule has 0 heterocycles. The van der Waals surface area contributed by atoms with Crippen molar-refractivity contribution in [2.45, 2.75) is 52.2 Å². The van der Waals surface area contributed by atoms with Crippen molar-refractivity contribution in [2.75, 3.05) is 26.4 Å². The van der Waals surface area contributed by atoms with Crippen LogP contribution < -0.4 is 4.74 Å². The molecule has 0 saturated carbocycles. The number of hydrogen-bond acceptors (Lipinski definition) is 5. The van der Waals surface area contributed by atoms with E-state index in [1.807, 2.05) is 69.3 Å². The van der Waals surface area contributed by atoms with Crippen molar-refractivity contribution in [3.63, 3.8) is 0 Å². The van der Waals surface area contributed by atoms with E-state index in [0.717, 1.165) is 16.9 Å². The second-order valence-electron chi connectivity index (χ2n) is 7.50. The molecule has 6 nitrogen and oxygen atoms in total. The van der Waals surface area contributed by atoms with E-state index >= 15 is 0 Å². The normalized spacial score (nSPS) is 18.7. The lowest BCUT2D eigenvalue weighted by Crippen LogP contribution is -2.31. The number of benzene rings is 1. The summed E-state index contributed by atoms with van der Waals surface area (Å²) < 4.78 is 22.6. The average Bonchev–Trinajstić information content (AvgIpc) is 2.79. The van der Waals surface area contributed by atoms with Crippen LogP contribution in [0.1, 0.15) is 39.7 Å². The Hall–Kier alpha value is -3.01. The van der Waals surface area contributed by atoms with Gasteiger partial charge in [-0.3, -0.25) is 0 Å². The van der Waals surface area contributed by atoms with E-state index in [-0.39, 0.29) is 0 Å². The van der Waals surface area contributed by atoms with Crippen LogP contribution in [0.15, 0.2) is 59.9 Å². The van der Waals surface area contributed by atoms with Gasteiger partial charge in [0.2, 0.25) is 0 Å². The van der Waals surface area contributed by atoms with E-state index in [0.29, 0.717) is 45.0 Å². The lowest BCUT2D eigenvalue weighted by Gasteiger charge is -2.28. The molecule has 1 unspecified atom stereocenters. The van der Waals surface area contributed by atoms with Crippen LogP contribution in [-0.2, 0) is 25.4 Å². The van der Waals surface area contributed by atoms with E-state index < -0.39 is 17.7 Å². The molecule has 0 aliphatic heterocycles. The van der Waals surface area contributed by atoms with Gasteiger partial charge in [-0.05, 0) is 69.2 Å². The predicted molar refractivity (Wildman–Crippen MR) is 128 cm³/mol. The third-order valence-corrected chi connectivity index (χ3v) is 4.91. The molecule has 1 aromatic carbocycles. The first-order chi connectivity index (χ1) is 15.9. The summed E-state index contributed by atoms with van der Waals surface area (Å²) in [6.07, 6.45) is 7.82. The molecular formula is C27H34O6. The van der Waals surface area contributed by atoms with E-state index in [4.69, 9.17) is 18.9 Å². The third kappa shape index (κ3) is 8.80. The van der Waals surface area contributed by atoms with Crippen molar-refractivity contribution >= 4 is 5.97 Å². The Kier molecular flexibility index (Phi) is 10.8. The fourth-order valence-corrected chi connectivity index (χ4v) is 3.32. The minimum Gasteiger partial charge on any atom is -0.498 e. The zero-order chi connectivity index (χ0) is 24.1. The van der Waals surface area contributed by atoms with Crippen molar-refractivity contribution < 1.29 is 28.8 Å². The molecule has 0 bridgehead atoms. The Balaban J connectivity index is 1.94. The van der Waals surface area contributed by atoms with Crippen LogP contribution in [0.4, 0.5) is 0 Å². The molecule has 2 rings (SSSR count). The Morgan fingerprint density at radius 2 is 1.91 bits per heavy atom. The zero-order valence-corrected chi connectivity index (χ0v) is 19.9. The topological polar surface area (TPSA) is 74.2 Å². The van der Waals surface area contributed by atoms with Crippen LogP contribution in [0, 0.1) is 11.8 Å². The van der Waals surface area contributed by atoms with Gasteiger partial charge in [0.15, 0.2) is 11.7 Å². The first-order valence-electron chi connectivity index (χ1n) is 11.3. The highest BCUT2D eigenvalue weighted by molar-refractivity contribution is 5.72. The Bertz CT molecular complexity index is 916. The highest BCUT2D eigenvalue weighted by Crippen LogP contribution is 2.27. The molecule has 6 heteroatoms. The predicted octanol–water partition coefficient (Wildman–Crippen LogP) is 4.70. The molecule has 0 spiro atoms. The second-order valence-corrected chi connectivity index (χ2v) is 7.50.